The molecule has 3 rings (SSSR count). The fourth-order valence-corrected chi connectivity index (χ4v) is 4.05. The average molecular weight is 592 g/mol. The van der Waals surface area contributed by atoms with Gasteiger partial charge in [-0.2, -0.15) is 0 Å². The quantitative estimate of drug-likeness (QED) is 0.162. The topological polar surface area (TPSA) is 196 Å². The number of hydrogen-bond donors (Lipinski definition) is 6. The summed E-state index contributed by atoms with van der Waals surface area (Å²) in [6.45, 7) is 1.68. The number of carbonyl (C=O) groups is 5. The van der Waals surface area contributed by atoms with Gasteiger partial charge in [-0.3, -0.25) is 19.2 Å². The lowest BCUT2D eigenvalue weighted by Crippen LogP contribution is -2.31. The molecule has 1 atom stereocenters. The van der Waals surface area contributed by atoms with Crippen LogP contribution in [-0.4, -0.2) is 58.6 Å². The Balaban J connectivity index is 1.55. The summed E-state index contributed by atoms with van der Waals surface area (Å²) in [5.74, 6) is -3.54. The minimum Gasteiger partial charge on any atom is -0.495 e. The standard InChI is InChI=1S/C30H33N5O8/c1-18-6-3-4-7-22(18)33-30(42)34-23-12-10-19(14-24(23)43-2)15-27(37)35-25-13-11-20(16-31-25)21(29(40)41)17-32-26(36)8-5-9-28(38)39/h3-4,6-7,10-14,16,21H,5,8-9,15,17H2,1-2H3,(H,32,36)(H,38,39)(H,40,41)(H,31,35,37)(H2,33,34,42). The van der Waals surface area contributed by atoms with E-state index in [1.807, 2.05) is 25.1 Å². The molecule has 1 unspecified atom stereocenters. The number of hydrogen-bond acceptors (Lipinski definition) is 7. The lowest BCUT2D eigenvalue weighted by molar-refractivity contribution is -0.139. The highest BCUT2D eigenvalue weighted by molar-refractivity contribution is 6.01. The van der Waals surface area contributed by atoms with Crippen LogP contribution in [0.25, 0.3) is 0 Å². The summed E-state index contributed by atoms with van der Waals surface area (Å²) in [5, 5.41) is 28.9. The Morgan fingerprint density at radius 3 is 2.28 bits per heavy atom. The number of methoxy groups -OCH3 is 1. The minimum atomic E-state index is -1.18. The number of ether oxygens (including phenoxy) is 1. The van der Waals surface area contributed by atoms with Crippen LogP contribution in [0.15, 0.2) is 60.8 Å². The highest BCUT2D eigenvalue weighted by Crippen LogP contribution is 2.26. The second-order valence-electron chi connectivity index (χ2n) is 9.57. The molecule has 3 aromatic rings. The van der Waals surface area contributed by atoms with Gasteiger partial charge in [-0.05, 0) is 54.3 Å². The Morgan fingerprint density at radius 1 is 0.884 bits per heavy atom. The summed E-state index contributed by atoms with van der Waals surface area (Å²) >= 11 is 0. The van der Waals surface area contributed by atoms with E-state index >= 15 is 0 Å². The number of carboxylic acids is 2. The maximum atomic E-state index is 12.7. The van der Waals surface area contributed by atoms with E-state index in [1.165, 1.54) is 25.4 Å². The van der Waals surface area contributed by atoms with Crippen LogP contribution in [0.5, 0.6) is 5.75 Å². The van der Waals surface area contributed by atoms with Crippen molar-refractivity contribution in [1.82, 2.24) is 10.3 Å². The summed E-state index contributed by atoms with van der Waals surface area (Å²) in [6.07, 6.45) is 1.23. The summed E-state index contributed by atoms with van der Waals surface area (Å²) in [6, 6.07) is 14.8. The normalized spacial score (nSPS) is 11.1. The molecule has 0 radical (unpaired) electrons. The molecule has 43 heavy (non-hydrogen) atoms. The van der Waals surface area contributed by atoms with Gasteiger partial charge in [0, 0.05) is 31.3 Å². The van der Waals surface area contributed by atoms with E-state index in [2.05, 4.69) is 26.3 Å². The first kappa shape index (κ1) is 32.1. The van der Waals surface area contributed by atoms with Crippen molar-refractivity contribution in [2.45, 2.75) is 38.5 Å². The smallest absolute Gasteiger partial charge is 0.323 e. The molecule has 0 aliphatic heterocycles. The number of para-hydroxylation sites is 1. The van der Waals surface area contributed by atoms with Crippen molar-refractivity contribution in [3.05, 3.63) is 77.5 Å². The molecular weight excluding hydrogens is 558 g/mol. The number of aromatic nitrogens is 1. The largest absolute Gasteiger partial charge is 0.495 e. The summed E-state index contributed by atoms with van der Waals surface area (Å²) in [4.78, 5) is 63.5. The van der Waals surface area contributed by atoms with Gasteiger partial charge in [0.1, 0.15) is 17.5 Å². The van der Waals surface area contributed by atoms with Crippen LogP contribution in [0.4, 0.5) is 22.0 Å². The molecule has 0 aliphatic rings. The number of carboxylic acid groups (broad SMARTS) is 2. The van der Waals surface area contributed by atoms with E-state index in [-0.39, 0.29) is 44.0 Å². The second kappa shape index (κ2) is 15.5. The third kappa shape index (κ3) is 10.1. The first-order valence-corrected chi connectivity index (χ1v) is 13.3. The number of urea groups is 1. The molecule has 0 fully saturated rings. The third-order valence-electron chi connectivity index (χ3n) is 6.32. The van der Waals surface area contributed by atoms with Gasteiger partial charge in [0.15, 0.2) is 0 Å². The van der Waals surface area contributed by atoms with E-state index in [0.717, 1.165) is 5.56 Å². The van der Waals surface area contributed by atoms with Crippen LogP contribution in [0.1, 0.15) is 41.9 Å². The lowest BCUT2D eigenvalue weighted by atomic mass is 10.0. The number of carbonyl (C=O) groups excluding carboxylic acids is 3. The Labute approximate surface area is 247 Å². The monoisotopic (exact) mass is 591 g/mol. The van der Waals surface area contributed by atoms with Gasteiger partial charge in [0.25, 0.3) is 0 Å². The van der Waals surface area contributed by atoms with Crippen LogP contribution in [0, 0.1) is 6.92 Å². The number of benzene rings is 2. The Bertz CT molecular complexity index is 1480. The number of aryl methyl sites for hydroxylation is 1. The van der Waals surface area contributed by atoms with E-state index in [0.29, 0.717) is 28.3 Å². The molecule has 2 aromatic carbocycles. The summed E-state index contributed by atoms with van der Waals surface area (Å²) in [5.41, 5.74) is 2.92. The molecule has 4 amide bonds. The fourth-order valence-electron chi connectivity index (χ4n) is 4.05. The molecular formula is C30H33N5O8. The second-order valence-corrected chi connectivity index (χ2v) is 9.57. The maximum Gasteiger partial charge on any atom is 0.323 e. The number of nitrogens with zero attached hydrogens (tertiary/aromatic N) is 1. The molecule has 13 heteroatoms. The molecule has 0 saturated carbocycles. The number of aliphatic carboxylic acids is 2. The van der Waals surface area contributed by atoms with Crippen molar-refractivity contribution in [2.75, 3.05) is 29.6 Å². The maximum absolute atomic E-state index is 12.7. The van der Waals surface area contributed by atoms with E-state index in [1.54, 1.807) is 24.3 Å². The SMILES string of the molecule is COc1cc(CC(=O)Nc2ccc(C(CNC(=O)CCCC(=O)O)C(=O)O)cn2)ccc1NC(=O)Nc1ccccc1C. The van der Waals surface area contributed by atoms with Crippen LogP contribution in [-0.2, 0) is 25.6 Å². The Hall–Kier alpha value is -5.46. The molecule has 1 heterocycles. The Morgan fingerprint density at radius 2 is 1.63 bits per heavy atom. The van der Waals surface area contributed by atoms with Gasteiger partial charge < -0.3 is 36.2 Å². The zero-order valence-electron chi connectivity index (χ0n) is 23.7. The predicted molar refractivity (Wildman–Crippen MR) is 158 cm³/mol. The third-order valence-corrected chi connectivity index (χ3v) is 6.32. The molecule has 226 valence electrons. The first-order chi connectivity index (χ1) is 20.5. The van der Waals surface area contributed by atoms with E-state index in [9.17, 15) is 29.1 Å². The lowest BCUT2D eigenvalue weighted by Gasteiger charge is -2.14. The van der Waals surface area contributed by atoms with E-state index < -0.39 is 29.8 Å². The van der Waals surface area contributed by atoms with Crippen molar-refractivity contribution in [3.63, 3.8) is 0 Å². The summed E-state index contributed by atoms with van der Waals surface area (Å²) in [7, 11) is 1.45. The number of nitrogens with one attached hydrogen (secondary N) is 4. The summed E-state index contributed by atoms with van der Waals surface area (Å²) < 4.78 is 5.39. The zero-order valence-corrected chi connectivity index (χ0v) is 23.7. The van der Waals surface area contributed by atoms with Crippen molar-refractivity contribution in [1.29, 1.82) is 0 Å². The number of amides is 4. The van der Waals surface area contributed by atoms with Gasteiger partial charge in [0.2, 0.25) is 11.8 Å². The molecule has 0 saturated heterocycles. The number of anilines is 3. The minimum absolute atomic E-state index is 0.0266. The highest BCUT2D eigenvalue weighted by atomic mass is 16.5. The molecule has 0 aliphatic carbocycles. The van der Waals surface area contributed by atoms with E-state index in [4.69, 9.17) is 9.84 Å². The van der Waals surface area contributed by atoms with Crippen LogP contribution in [0.2, 0.25) is 0 Å². The van der Waals surface area contributed by atoms with Crippen molar-refractivity contribution < 1.29 is 38.9 Å². The molecule has 6 N–H and O–H groups in total. The Kier molecular flexibility index (Phi) is 11.6. The number of rotatable bonds is 14. The average Bonchev–Trinajstić information content (AvgIpc) is 2.95. The van der Waals surface area contributed by atoms with Gasteiger partial charge in [-0.25, -0.2) is 9.78 Å². The van der Waals surface area contributed by atoms with Crippen molar-refractivity contribution in [3.8, 4) is 5.75 Å². The molecule has 1 aromatic heterocycles. The zero-order chi connectivity index (χ0) is 31.4. The van der Waals surface area contributed by atoms with Crippen LogP contribution < -0.4 is 26.0 Å². The molecule has 13 nitrogen and oxygen atoms in total. The molecule has 0 spiro atoms. The number of pyridine rings is 1. The predicted octanol–water partition coefficient (Wildman–Crippen LogP) is 3.76. The van der Waals surface area contributed by atoms with Gasteiger partial charge in [0.05, 0.1) is 19.2 Å². The van der Waals surface area contributed by atoms with Crippen LogP contribution >= 0.6 is 0 Å². The van der Waals surface area contributed by atoms with Gasteiger partial charge in [-0.1, -0.05) is 30.3 Å². The van der Waals surface area contributed by atoms with Gasteiger partial charge >= 0.3 is 18.0 Å². The van der Waals surface area contributed by atoms with Crippen molar-refractivity contribution >= 4 is 47.0 Å². The first-order valence-electron chi connectivity index (χ1n) is 13.3. The van der Waals surface area contributed by atoms with Gasteiger partial charge in [-0.15, -0.1) is 0 Å². The highest BCUT2D eigenvalue weighted by Gasteiger charge is 2.21. The van der Waals surface area contributed by atoms with Crippen LogP contribution in [0.3, 0.4) is 0 Å². The van der Waals surface area contributed by atoms with Crippen molar-refractivity contribution in [2.24, 2.45) is 0 Å². The molecule has 0 bridgehead atoms. The fraction of sp³-hybridized carbons (Fsp3) is 0.267.